The molecule has 0 unspecified atom stereocenters. The molecular weight excluding hydrogens is 566 g/mol. The minimum Gasteiger partial charge on any atom is -0.462 e. The van der Waals surface area contributed by atoms with Crippen LogP contribution >= 0.6 is 11.8 Å². The summed E-state index contributed by atoms with van der Waals surface area (Å²) in [7, 11) is 0. The van der Waals surface area contributed by atoms with Crippen molar-refractivity contribution in [2.75, 3.05) is 24.7 Å². The first-order chi connectivity index (χ1) is 21.5. The summed E-state index contributed by atoms with van der Waals surface area (Å²) >= 11 is 1.81. The van der Waals surface area contributed by atoms with Gasteiger partial charge in [-0.2, -0.15) is 0 Å². The lowest BCUT2D eigenvalue weighted by Gasteiger charge is -2.33. The van der Waals surface area contributed by atoms with Crippen LogP contribution in [-0.4, -0.2) is 31.7 Å². The summed E-state index contributed by atoms with van der Waals surface area (Å²) in [5.74, 6) is -0.826. The van der Waals surface area contributed by atoms with Crippen molar-refractivity contribution in [1.29, 1.82) is 0 Å². The number of unbranched alkanes of at least 4 members (excludes halogenated alkanes) is 9. The van der Waals surface area contributed by atoms with E-state index in [1.165, 1.54) is 79.0 Å². The number of ether oxygens (including phenoxy) is 2. The number of esters is 2. The first kappa shape index (κ1) is 33.4. The zero-order valence-electron chi connectivity index (χ0n) is 26.6. The summed E-state index contributed by atoms with van der Waals surface area (Å²) in [6.07, 6.45) is 17.0. The highest BCUT2D eigenvalue weighted by molar-refractivity contribution is 7.99. The van der Waals surface area contributed by atoms with Gasteiger partial charge in [-0.3, -0.25) is 0 Å². The second-order valence-electron chi connectivity index (χ2n) is 11.2. The minimum atomic E-state index is -0.413. The Morgan fingerprint density at radius 1 is 0.682 bits per heavy atom. The fraction of sp³-hybridized carbons (Fsp3) is 0.421. The van der Waals surface area contributed by atoms with Crippen LogP contribution in [0, 0.1) is 0 Å². The highest BCUT2D eigenvalue weighted by Crippen LogP contribution is 2.48. The van der Waals surface area contributed by atoms with Crippen LogP contribution in [0.25, 0.3) is 12.2 Å². The molecule has 0 aliphatic carbocycles. The number of fused-ring (bicyclic) bond motifs is 2. The number of hydrogen-bond donors (Lipinski definition) is 0. The van der Waals surface area contributed by atoms with E-state index in [0.29, 0.717) is 16.7 Å². The molecule has 234 valence electrons. The number of para-hydroxylation sites is 1. The van der Waals surface area contributed by atoms with Crippen LogP contribution in [-0.2, 0) is 9.47 Å². The maximum atomic E-state index is 12.7. The topological polar surface area (TPSA) is 55.8 Å². The molecule has 0 radical (unpaired) electrons. The lowest BCUT2D eigenvalue weighted by Crippen LogP contribution is -2.22. The quantitative estimate of drug-likeness (QED) is 0.0857. The van der Waals surface area contributed by atoms with Gasteiger partial charge in [0, 0.05) is 16.3 Å². The smallest absolute Gasteiger partial charge is 0.338 e. The normalized spacial score (nSPS) is 12.2. The van der Waals surface area contributed by atoms with Crippen LogP contribution in [0.15, 0.2) is 70.5 Å². The Balaban J connectivity index is 1.50. The second kappa shape index (κ2) is 17.7. The third-order valence-corrected chi connectivity index (χ3v) is 9.03. The van der Waals surface area contributed by atoms with Gasteiger partial charge in [0.15, 0.2) is 0 Å². The number of hydrogen-bond acceptors (Lipinski definition) is 6. The Morgan fingerprint density at radius 3 is 2.07 bits per heavy atom. The Bertz CT molecular complexity index is 1420. The molecule has 4 rings (SSSR count). The highest BCUT2D eigenvalue weighted by atomic mass is 32.2. The zero-order valence-corrected chi connectivity index (χ0v) is 27.4. The average molecular weight is 614 g/mol. The molecule has 0 bridgehead atoms. The van der Waals surface area contributed by atoms with E-state index in [1.54, 1.807) is 32.0 Å². The van der Waals surface area contributed by atoms with E-state index >= 15 is 0 Å². The Morgan fingerprint density at radius 2 is 1.34 bits per heavy atom. The molecule has 0 atom stereocenters. The third kappa shape index (κ3) is 9.25. The van der Waals surface area contributed by atoms with Gasteiger partial charge >= 0.3 is 11.9 Å². The average Bonchev–Trinajstić information content (AvgIpc) is 3.04. The minimum absolute atomic E-state index is 0.278. The molecule has 0 aromatic heterocycles. The van der Waals surface area contributed by atoms with Gasteiger partial charge in [0.2, 0.25) is 0 Å². The Hall–Kier alpha value is -3.51. The van der Waals surface area contributed by atoms with Crippen LogP contribution in [0.5, 0.6) is 0 Å². The molecule has 0 N–H and O–H groups in total. The van der Waals surface area contributed by atoms with Gasteiger partial charge in [-0.25, -0.2) is 9.59 Å². The van der Waals surface area contributed by atoms with E-state index in [9.17, 15) is 9.59 Å². The maximum absolute atomic E-state index is 12.7. The first-order valence-corrected chi connectivity index (χ1v) is 17.2. The van der Waals surface area contributed by atoms with Crippen molar-refractivity contribution < 1.29 is 19.1 Å². The van der Waals surface area contributed by atoms with E-state index in [-0.39, 0.29) is 13.2 Å². The Labute approximate surface area is 268 Å². The maximum Gasteiger partial charge on any atom is 0.338 e. The summed E-state index contributed by atoms with van der Waals surface area (Å²) in [5, 5.41) is 0. The number of carbonyl (C=O) groups is 2. The van der Waals surface area contributed by atoms with Crippen LogP contribution < -0.4 is 4.90 Å². The Kier molecular flexibility index (Phi) is 13.4. The predicted octanol–water partition coefficient (Wildman–Crippen LogP) is 10.7. The summed E-state index contributed by atoms with van der Waals surface area (Å²) < 4.78 is 10.5. The van der Waals surface area contributed by atoms with Crippen molar-refractivity contribution in [2.45, 2.75) is 94.8 Å². The number of carbonyl (C=O) groups excluding carboxylic acids is 2. The number of benzene rings is 3. The lowest BCUT2D eigenvalue weighted by atomic mass is 10.0. The van der Waals surface area contributed by atoms with Crippen molar-refractivity contribution in [1.82, 2.24) is 0 Å². The fourth-order valence-electron chi connectivity index (χ4n) is 5.57. The monoisotopic (exact) mass is 613 g/mol. The van der Waals surface area contributed by atoms with E-state index in [1.807, 2.05) is 23.9 Å². The van der Waals surface area contributed by atoms with Crippen LogP contribution in [0.2, 0.25) is 0 Å². The van der Waals surface area contributed by atoms with E-state index < -0.39 is 11.9 Å². The van der Waals surface area contributed by atoms with E-state index in [2.05, 4.69) is 54.3 Å². The molecule has 0 saturated heterocycles. The number of anilines is 2. The van der Waals surface area contributed by atoms with Gasteiger partial charge in [-0.1, -0.05) is 107 Å². The highest BCUT2D eigenvalue weighted by Gasteiger charge is 2.23. The van der Waals surface area contributed by atoms with Gasteiger partial charge in [0.05, 0.1) is 35.7 Å². The molecule has 1 aliphatic rings. The molecule has 0 amide bonds. The molecule has 5 nitrogen and oxygen atoms in total. The molecule has 0 saturated carbocycles. The zero-order chi connectivity index (χ0) is 31.1. The molecule has 44 heavy (non-hydrogen) atoms. The van der Waals surface area contributed by atoms with E-state index in [0.717, 1.165) is 18.5 Å². The molecule has 0 fully saturated rings. The predicted molar refractivity (Wildman–Crippen MR) is 183 cm³/mol. The summed E-state index contributed by atoms with van der Waals surface area (Å²) in [4.78, 5) is 30.1. The first-order valence-electron chi connectivity index (χ1n) is 16.4. The molecule has 0 spiro atoms. The van der Waals surface area contributed by atoms with Crippen molar-refractivity contribution in [3.8, 4) is 0 Å². The lowest BCUT2D eigenvalue weighted by molar-refractivity contribution is 0.0511. The van der Waals surface area contributed by atoms with Crippen LogP contribution in [0.3, 0.4) is 0 Å². The van der Waals surface area contributed by atoms with Gasteiger partial charge in [-0.15, -0.1) is 0 Å². The van der Waals surface area contributed by atoms with Crippen molar-refractivity contribution in [3.63, 3.8) is 0 Å². The molecular formula is C38H47NO4S. The second-order valence-corrected chi connectivity index (χ2v) is 12.3. The molecule has 1 heterocycles. The van der Waals surface area contributed by atoms with Crippen LogP contribution in [0.4, 0.5) is 11.4 Å². The van der Waals surface area contributed by atoms with Gasteiger partial charge in [0.1, 0.15) is 0 Å². The summed E-state index contributed by atoms with van der Waals surface area (Å²) in [6, 6.07) is 20.1. The molecule has 3 aromatic rings. The largest absolute Gasteiger partial charge is 0.462 e. The van der Waals surface area contributed by atoms with Gasteiger partial charge in [-0.05, 0) is 73.9 Å². The van der Waals surface area contributed by atoms with Gasteiger partial charge < -0.3 is 14.4 Å². The summed E-state index contributed by atoms with van der Waals surface area (Å²) in [5.41, 5.74) is 4.93. The van der Waals surface area contributed by atoms with Crippen molar-refractivity contribution in [3.05, 3.63) is 82.9 Å². The van der Waals surface area contributed by atoms with Crippen molar-refractivity contribution >= 4 is 47.2 Å². The standard InChI is InChI=1S/C38H47NO4S/c1-4-7-8-9-10-11-12-13-14-17-26-39-33-18-15-16-19-35(33)44-36-25-21-29(27-34(36)39)20-22-30-28-31(37(40)42-5-2)23-24-32(30)38(41)43-6-3/h15-16,18-25,27-28H,4-14,17,26H2,1-3H3. The SMILES string of the molecule is CCCCCCCCCCCCN1c2ccccc2Sc2ccc(C=Cc3cc(C(=O)OCC)ccc3C(=O)OCC)cc21. The fourth-order valence-corrected chi connectivity index (χ4v) is 6.65. The summed E-state index contributed by atoms with van der Waals surface area (Å²) in [6.45, 7) is 7.37. The molecule has 6 heteroatoms. The third-order valence-electron chi connectivity index (χ3n) is 7.90. The molecule has 1 aliphatic heterocycles. The van der Waals surface area contributed by atoms with Gasteiger partial charge in [0.25, 0.3) is 0 Å². The number of rotatable bonds is 17. The molecule has 3 aromatic carbocycles. The van der Waals surface area contributed by atoms with Crippen LogP contribution in [0.1, 0.15) is 117 Å². The van der Waals surface area contributed by atoms with Crippen molar-refractivity contribution in [2.24, 2.45) is 0 Å². The number of nitrogens with zero attached hydrogens (tertiary/aromatic N) is 1. The van der Waals surface area contributed by atoms with E-state index in [4.69, 9.17) is 9.47 Å².